The predicted octanol–water partition coefficient (Wildman–Crippen LogP) is 5.03. The SMILES string of the molecule is COC(=O)c1ccc(Cn2ccc3cc(C4CCN(C(=O)c5cccc(F)c5)CC4)cnc32)cc1. The van der Waals surface area contributed by atoms with E-state index >= 15 is 0 Å². The van der Waals surface area contributed by atoms with Gasteiger partial charge >= 0.3 is 5.97 Å². The highest BCUT2D eigenvalue weighted by Crippen LogP contribution is 2.30. The summed E-state index contributed by atoms with van der Waals surface area (Å²) in [7, 11) is 1.37. The van der Waals surface area contributed by atoms with Crippen molar-refractivity contribution in [3.8, 4) is 0 Å². The smallest absolute Gasteiger partial charge is 0.337 e. The van der Waals surface area contributed by atoms with Crippen molar-refractivity contribution in [2.75, 3.05) is 20.2 Å². The van der Waals surface area contributed by atoms with Gasteiger partial charge in [0.15, 0.2) is 0 Å². The van der Waals surface area contributed by atoms with Crippen molar-refractivity contribution in [2.24, 2.45) is 0 Å². The number of nitrogens with zero attached hydrogens (tertiary/aromatic N) is 3. The number of halogens is 1. The van der Waals surface area contributed by atoms with E-state index in [0.29, 0.717) is 36.7 Å². The molecular formula is C28H26FN3O3. The Labute approximate surface area is 203 Å². The van der Waals surface area contributed by atoms with Crippen LogP contribution in [0.4, 0.5) is 4.39 Å². The molecule has 0 atom stereocenters. The first-order valence-corrected chi connectivity index (χ1v) is 11.7. The van der Waals surface area contributed by atoms with Crippen LogP contribution in [0.2, 0.25) is 0 Å². The maximum Gasteiger partial charge on any atom is 0.337 e. The van der Waals surface area contributed by atoms with E-state index in [9.17, 15) is 14.0 Å². The average molecular weight is 472 g/mol. The first-order chi connectivity index (χ1) is 17.0. The van der Waals surface area contributed by atoms with E-state index < -0.39 is 5.82 Å². The van der Waals surface area contributed by atoms with Gasteiger partial charge in [0.05, 0.1) is 12.7 Å². The maximum absolute atomic E-state index is 13.5. The molecule has 0 saturated carbocycles. The normalized spacial score (nSPS) is 14.3. The third-order valence-corrected chi connectivity index (χ3v) is 6.68. The molecule has 3 heterocycles. The summed E-state index contributed by atoms with van der Waals surface area (Å²) in [5, 5.41) is 1.08. The first kappa shape index (κ1) is 22.8. The molecule has 0 N–H and O–H groups in total. The third-order valence-electron chi connectivity index (χ3n) is 6.68. The van der Waals surface area contributed by atoms with Crippen LogP contribution in [0.1, 0.15) is 50.6 Å². The van der Waals surface area contributed by atoms with Crippen molar-refractivity contribution < 1.29 is 18.7 Å². The summed E-state index contributed by atoms with van der Waals surface area (Å²) in [6, 6.07) is 17.5. The van der Waals surface area contributed by atoms with Crippen molar-refractivity contribution in [3.63, 3.8) is 0 Å². The molecule has 2 aromatic heterocycles. The fourth-order valence-electron chi connectivity index (χ4n) is 4.73. The van der Waals surface area contributed by atoms with Gasteiger partial charge in [-0.05, 0) is 72.4 Å². The summed E-state index contributed by atoms with van der Waals surface area (Å²) < 4.78 is 20.3. The van der Waals surface area contributed by atoms with Gasteiger partial charge in [0.25, 0.3) is 5.91 Å². The molecule has 6 nitrogen and oxygen atoms in total. The molecular weight excluding hydrogens is 445 g/mol. The molecule has 1 saturated heterocycles. The molecule has 0 bridgehead atoms. The Hall–Kier alpha value is -4.00. The van der Waals surface area contributed by atoms with E-state index in [0.717, 1.165) is 29.4 Å². The zero-order valence-electron chi connectivity index (χ0n) is 19.5. The lowest BCUT2D eigenvalue weighted by molar-refractivity contribution is 0.0600. The van der Waals surface area contributed by atoms with E-state index in [4.69, 9.17) is 9.72 Å². The quantitative estimate of drug-likeness (QED) is 0.383. The molecule has 0 spiro atoms. The summed E-state index contributed by atoms with van der Waals surface area (Å²) in [6.45, 7) is 1.93. The number of benzene rings is 2. The molecule has 0 aliphatic carbocycles. The van der Waals surface area contributed by atoms with Crippen LogP contribution in [0, 0.1) is 5.82 Å². The number of ether oxygens (including phenoxy) is 1. The number of carbonyl (C=O) groups excluding carboxylic acids is 2. The van der Waals surface area contributed by atoms with Gasteiger partial charge in [-0.3, -0.25) is 4.79 Å². The van der Waals surface area contributed by atoms with Crippen LogP contribution in [0.15, 0.2) is 73.1 Å². The number of fused-ring (bicyclic) bond motifs is 1. The second-order valence-electron chi connectivity index (χ2n) is 8.89. The lowest BCUT2D eigenvalue weighted by Gasteiger charge is -2.32. The summed E-state index contributed by atoms with van der Waals surface area (Å²) in [5.74, 6) is -0.525. The van der Waals surface area contributed by atoms with Gasteiger partial charge in [-0.15, -0.1) is 0 Å². The largest absolute Gasteiger partial charge is 0.465 e. The average Bonchev–Trinajstić information content (AvgIpc) is 3.30. The Morgan fingerprint density at radius 1 is 1.03 bits per heavy atom. The fourth-order valence-corrected chi connectivity index (χ4v) is 4.73. The number of aromatic nitrogens is 2. The summed E-state index contributed by atoms with van der Waals surface area (Å²) >= 11 is 0. The van der Waals surface area contributed by atoms with Crippen LogP contribution in [0.25, 0.3) is 11.0 Å². The van der Waals surface area contributed by atoms with Crippen molar-refractivity contribution in [1.29, 1.82) is 0 Å². The van der Waals surface area contributed by atoms with Gasteiger partial charge in [0.1, 0.15) is 11.5 Å². The summed E-state index contributed by atoms with van der Waals surface area (Å²) in [4.78, 5) is 30.9. The van der Waals surface area contributed by atoms with Crippen LogP contribution in [-0.4, -0.2) is 46.5 Å². The van der Waals surface area contributed by atoms with E-state index in [1.54, 1.807) is 29.2 Å². The highest BCUT2D eigenvalue weighted by atomic mass is 19.1. The van der Waals surface area contributed by atoms with Gasteiger partial charge < -0.3 is 14.2 Å². The standard InChI is InChI=1S/C28H26FN3O3/c1-35-28(34)21-7-5-19(6-8-21)18-32-14-11-22-15-24(17-30-26(22)32)20-9-12-31(13-10-20)27(33)23-3-2-4-25(29)16-23/h2-8,11,14-17,20H,9-10,12-13,18H2,1H3. The summed E-state index contributed by atoms with van der Waals surface area (Å²) in [6.07, 6.45) is 5.66. The number of likely N-dealkylation sites (tertiary alicyclic amines) is 1. The fraction of sp³-hybridized carbons (Fsp3) is 0.250. The van der Waals surface area contributed by atoms with Gasteiger partial charge in [-0.2, -0.15) is 0 Å². The Morgan fingerprint density at radius 3 is 2.51 bits per heavy atom. The Balaban J connectivity index is 1.25. The molecule has 0 unspecified atom stereocenters. The van der Waals surface area contributed by atoms with E-state index in [1.807, 2.05) is 24.5 Å². The minimum absolute atomic E-state index is 0.117. The van der Waals surface area contributed by atoms with Gasteiger partial charge in [0, 0.05) is 43.0 Å². The monoisotopic (exact) mass is 471 g/mol. The molecule has 2 aromatic carbocycles. The minimum atomic E-state index is -0.393. The second kappa shape index (κ2) is 9.70. The number of carbonyl (C=O) groups is 2. The van der Waals surface area contributed by atoms with Crippen LogP contribution in [0.3, 0.4) is 0 Å². The number of hydrogen-bond acceptors (Lipinski definition) is 4. The topological polar surface area (TPSA) is 64.4 Å². The molecule has 1 aliphatic rings. The number of pyridine rings is 1. The van der Waals surface area contributed by atoms with Crippen molar-refractivity contribution in [1.82, 2.24) is 14.5 Å². The molecule has 35 heavy (non-hydrogen) atoms. The number of methoxy groups -OCH3 is 1. The Morgan fingerprint density at radius 2 is 1.80 bits per heavy atom. The zero-order chi connectivity index (χ0) is 24.4. The third kappa shape index (κ3) is 4.80. The number of piperidine rings is 1. The Kier molecular flexibility index (Phi) is 6.31. The first-order valence-electron chi connectivity index (χ1n) is 11.7. The van der Waals surface area contributed by atoms with Crippen LogP contribution >= 0.6 is 0 Å². The lowest BCUT2D eigenvalue weighted by atomic mass is 9.90. The molecule has 7 heteroatoms. The number of amides is 1. The minimum Gasteiger partial charge on any atom is -0.465 e. The zero-order valence-corrected chi connectivity index (χ0v) is 19.5. The van der Waals surface area contributed by atoms with Crippen molar-refractivity contribution in [2.45, 2.75) is 25.3 Å². The van der Waals surface area contributed by atoms with E-state index in [2.05, 4.69) is 16.7 Å². The highest BCUT2D eigenvalue weighted by Gasteiger charge is 2.25. The number of rotatable bonds is 5. The molecule has 5 rings (SSSR count). The molecule has 1 fully saturated rings. The Bertz CT molecular complexity index is 1370. The van der Waals surface area contributed by atoms with Gasteiger partial charge in [-0.25, -0.2) is 14.2 Å². The van der Waals surface area contributed by atoms with E-state index in [1.165, 1.54) is 24.8 Å². The molecule has 0 radical (unpaired) electrons. The summed E-state index contributed by atoms with van der Waals surface area (Å²) in [5.41, 5.74) is 4.07. The molecule has 1 aliphatic heterocycles. The van der Waals surface area contributed by atoms with Crippen LogP contribution in [0.5, 0.6) is 0 Å². The second-order valence-corrected chi connectivity index (χ2v) is 8.89. The molecule has 1 amide bonds. The highest BCUT2D eigenvalue weighted by molar-refractivity contribution is 5.94. The van der Waals surface area contributed by atoms with Crippen LogP contribution < -0.4 is 0 Å². The van der Waals surface area contributed by atoms with Crippen molar-refractivity contribution in [3.05, 3.63) is 101 Å². The predicted molar refractivity (Wildman–Crippen MR) is 131 cm³/mol. The number of esters is 1. The van der Waals surface area contributed by atoms with Crippen LogP contribution in [-0.2, 0) is 11.3 Å². The lowest BCUT2D eigenvalue weighted by Crippen LogP contribution is -2.38. The molecule has 4 aromatic rings. The molecule has 178 valence electrons. The number of hydrogen-bond donors (Lipinski definition) is 0. The van der Waals surface area contributed by atoms with E-state index in [-0.39, 0.29) is 11.9 Å². The van der Waals surface area contributed by atoms with Gasteiger partial charge in [-0.1, -0.05) is 18.2 Å². The van der Waals surface area contributed by atoms with Gasteiger partial charge in [0.2, 0.25) is 0 Å². The van der Waals surface area contributed by atoms with Crippen molar-refractivity contribution >= 4 is 22.9 Å². The maximum atomic E-state index is 13.5.